The zero-order valence-corrected chi connectivity index (χ0v) is 15.3. The molecule has 1 atom stereocenters. The Hall–Kier alpha value is 0.190. The number of benzene rings is 1. The van der Waals surface area contributed by atoms with E-state index in [0.29, 0.717) is 17.5 Å². The Bertz CT molecular complexity index is 547. The molecule has 3 nitrogen and oxygen atoms in total. The molecule has 0 aliphatic heterocycles. The summed E-state index contributed by atoms with van der Waals surface area (Å²) in [5, 5.41) is 0.501. The highest BCUT2D eigenvalue weighted by Gasteiger charge is 2.22. The van der Waals surface area contributed by atoms with Gasteiger partial charge < -0.3 is 0 Å². The Morgan fingerprint density at radius 2 is 1.85 bits per heavy atom. The number of hydrogen-bond acceptors (Lipinski definition) is 2. The minimum Gasteiger partial charge on any atom is -0.210 e. The molecule has 0 saturated heterocycles. The van der Waals surface area contributed by atoms with E-state index in [1.165, 1.54) is 12.1 Å². The molecule has 0 bridgehead atoms. The summed E-state index contributed by atoms with van der Waals surface area (Å²) in [6.07, 6.45) is 1.98. The van der Waals surface area contributed by atoms with Crippen LogP contribution in [0.3, 0.4) is 0 Å². The molecule has 0 amide bonds. The maximum absolute atomic E-state index is 12.2. The second-order valence-corrected chi connectivity index (χ2v) is 8.27. The molecule has 0 aliphatic rings. The Kier molecular flexibility index (Phi) is 7.29. The van der Waals surface area contributed by atoms with Crippen molar-refractivity contribution in [1.82, 2.24) is 4.72 Å². The predicted octanol–water partition coefficient (Wildman–Crippen LogP) is 4.47. The fraction of sp³-hybridized carbons (Fsp3) is 0.538. The van der Waals surface area contributed by atoms with Gasteiger partial charge in [-0.25, -0.2) is 13.1 Å². The van der Waals surface area contributed by atoms with Crippen LogP contribution in [0.5, 0.6) is 0 Å². The molecule has 0 fully saturated rings. The van der Waals surface area contributed by atoms with Crippen LogP contribution in [0.4, 0.5) is 0 Å². The third kappa shape index (κ3) is 4.88. The van der Waals surface area contributed by atoms with Gasteiger partial charge in [0, 0.05) is 16.4 Å². The van der Waals surface area contributed by atoms with Crippen LogP contribution in [0.1, 0.15) is 26.7 Å². The Balaban J connectivity index is 2.83. The topological polar surface area (TPSA) is 46.2 Å². The van der Waals surface area contributed by atoms with Crippen molar-refractivity contribution in [3.63, 3.8) is 0 Å². The molecule has 1 aromatic carbocycles. The van der Waals surface area contributed by atoms with E-state index in [2.05, 4.69) is 34.5 Å². The first-order chi connectivity index (χ1) is 9.31. The fourth-order valence-electron chi connectivity index (χ4n) is 1.92. The molecule has 0 aromatic heterocycles. The van der Waals surface area contributed by atoms with Gasteiger partial charge in [0.25, 0.3) is 0 Å². The second kappa shape index (κ2) is 7.99. The van der Waals surface area contributed by atoms with Crippen LogP contribution in [-0.4, -0.2) is 19.8 Å². The van der Waals surface area contributed by atoms with Crippen molar-refractivity contribution in [2.24, 2.45) is 5.92 Å². The molecular formula is C13H18BrCl2NO2S. The molecule has 114 valence electrons. The zero-order chi connectivity index (χ0) is 15.3. The number of sulfonamides is 1. The zero-order valence-electron chi connectivity index (χ0n) is 11.4. The molecule has 1 rings (SSSR count). The van der Waals surface area contributed by atoms with E-state index in [1.807, 2.05) is 0 Å². The van der Waals surface area contributed by atoms with Crippen molar-refractivity contribution in [3.05, 3.63) is 28.2 Å². The summed E-state index contributed by atoms with van der Waals surface area (Å²) in [7, 11) is -3.65. The van der Waals surface area contributed by atoms with E-state index in [9.17, 15) is 8.42 Å². The highest BCUT2D eigenvalue weighted by Crippen LogP contribution is 2.25. The number of nitrogens with one attached hydrogen (secondary N) is 1. The number of rotatable bonds is 7. The van der Waals surface area contributed by atoms with E-state index in [1.54, 1.807) is 6.07 Å². The SMILES string of the molecule is CCC(CC)C(Br)CNS(=O)(=O)c1cc(Cl)ccc1Cl. The van der Waals surface area contributed by atoms with Crippen LogP contribution in [0.15, 0.2) is 23.1 Å². The van der Waals surface area contributed by atoms with Crippen LogP contribution >= 0.6 is 39.1 Å². The molecule has 0 heterocycles. The molecule has 0 spiro atoms. The number of halogens is 3. The molecular weight excluding hydrogens is 385 g/mol. The smallest absolute Gasteiger partial charge is 0.210 e. The average molecular weight is 403 g/mol. The van der Waals surface area contributed by atoms with Crippen LogP contribution in [0.2, 0.25) is 10.0 Å². The molecule has 7 heteroatoms. The minimum atomic E-state index is -3.65. The third-order valence-electron chi connectivity index (χ3n) is 3.21. The lowest BCUT2D eigenvalue weighted by Crippen LogP contribution is -2.33. The first kappa shape index (κ1) is 18.2. The Morgan fingerprint density at radius 3 is 2.40 bits per heavy atom. The van der Waals surface area contributed by atoms with Crippen molar-refractivity contribution in [1.29, 1.82) is 0 Å². The number of hydrogen-bond donors (Lipinski definition) is 1. The van der Waals surface area contributed by atoms with Crippen molar-refractivity contribution in [2.45, 2.75) is 36.4 Å². The maximum atomic E-state index is 12.2. The van der Waals surface area contributed by atoms with Gasteiger partial charge in [-0.1, -0.05) is 65.8 Å². The van der Waals surface area contributed by atoms with Gasteiger partial charge in [0.1, 0.15) is 4.90 Å². The normalized spacial score (nSPS) is 13.7. The van der Waals surface area contributed by atoms with Gasteiger partial charge in [-0.05, 0) is 24.1 Å². The summed E-state index contributed by atoms with van der Waals surface area (Å²) in [5.41, 5.74) is 0. The largest absolute Gasteiger partial charge is 0.242 e. The third-order valence-corrected chi connectivity index (χ3v) is 6.42. The van der Waals surface area contributed by atoms with Gasteiger partial charge in [-0.3, -0.25) is 0 Å². The van der Waals surface area contributed by atoms with Crippen molar-refractivity contribution < 1.29 is 8.42 Å². The lowest BCUT2D eigenvalue weighted by atomic mass is 10.00. The minimum absolute atomic E-state index is 0.0101. The Labute approximate surface area is 139 Å². The molecule has 1 unspecified atom stereocenters. The van der Waals surface area contributed by atoms with Crippen LogP contribution in [0, 0.1) is 5.92 Å². The van der Waals surface area contributed by atoms with Crippen molar-refractivity contribution in [2.75, 3.05) is 6.54 Å². The second-order valence-electron chi connectivity index (χ2n) is 4.52. The summed E-state index contributed by atoms with van der Waals surface area (Å²) in [6, 6.07) is 4.39. The van der Waals surface area contributed by atoms with Gasteiger partial charge >= 0.3 is 0 Å². The summed E-state index contributed by atoms with van der Waals surface area (Å²) in [6.45, 7) is 4.49. The average Bonchev–Trinajstić information content (AvgIpc) is 2.40. The van der Waals surface area contributed by atoms with Gasteiger partial charge in [-0.2, -0.15) is 0 Å². The van der Waals surface area contributed by atoms with Gasteiger partial charge in [0.05, 0.1) is 5.02 Å². The van der Waals surface area contributed by atoms with Crippen molar-refractivity contribution >= 4 is 49.2 Å². The quantitative estimate of drug-likeness (QED) is 0.683. The van der Waals surface area contributed by atoms with Gasteiger partial charge in [0.15, 0.2) is 0 Å². The summed E-state index contributed by atoms with van der Waals surface area (Å²) >= 11 is 15.3. The lowest BCUT2D eigenvalue weighted by Gasteiger charge is -2.20. The summed E-state index contributed by atoms with van der Waals surface area (Å²) in [5.74, 6) is 0.424. The molecule has 20 heavy (non-hydrogen) atoms. The molecule has 0 saturated carbocycles. The number of alkyl halides is 1. The molecule has 1 aromatic rings. The summed E-state index contributed by atoms with van der Waals surface area (Å²) < 4.78 is 27.0. The predicted molar refractivity (Wildman–Crippen MR) is 88.4 cm³/mol. The molecule has 1 N–H and O–H groups in total. The summed E-state index contributed by atoms with van der Waals surface area (Å²) in [4.78, 5) is 0.0983. The van der Waals surface area contributed by atoms with E-state index in [4.69, 9.17) is 23.2 Å². The fourth-order valence-corrected chi connectivity index (χ4v) is 4.86. The van der Waals surface area contributed by atoms with Gasteiger partial charge in [0.2, 0.25) is 10.0 Å². The molecule has 0 aliphatic carbocycles. The van der Waals surface area contributed by atoms with Gasteiger partial charge in [-0.15, -0.1) is 0 Å². The first-order valence-electron chi connectivity index (χ1n) is 6.40. The van der Waals surface area contributed by atoms with Crippen molar-refractivity contribution in [3.8, 4) is 0 Å². The van der Waals surface area contributed by atoms with Crippen LogP contribution in [-0.2, 0) is 10.0 Å². The van der Waals surface area contributed by atoms with E-state index in [0.717, 1.165) is 12.8 Å². The lowest BCUT2D eigenvalue weighted by molar-refractivity contribution is 0.471. The highest BCUT2D eigenvalue weighted by atomic mass is 79.9. The monoisotopic (exact) mass is 401 g/mol. The van der Waals surface area contributed by atoms with Crippen LogP contribution < -0.4 is 4.72 Å². The van der Waals surface area contributed by atoms with E-state index in [-0.39, 0.29) is 14.7 Å². The van der Waals surface area contributed by atoms with Crippen LogP contribution in [0.25, 0.3) is 0 Å². The molecule has 0 radical (unpaired) electrons. The standard InChI is InChI=1S/C13H18BrCl2NO2S/c1-3-9(4-2)11(14)8-17-20(18,19)13-7-10(15)5-6-12(13)16/h5-7,9,11,17H,3-4,8H2,1-2H3. The first-order valence-corrected chi connectivity index (χ1v) is 9.56. The highest BCUT2D eigenvalue weighted by molar-refractivity contribution is 9.09. The Morgan fingerprint density at radius 1 is 1.25 bits per heavy atom. The maximum Gasteiger partial charge on any atom is 0.242 e. The van der Waals surface area contributed by atoms with E-state index >= 15 is 0 Å². The van der Waals surface area contributed by atoms with E-state index < -0.39 is 10.0 Å².